The first-order valence-corrected chi connectivity index (χ1v) is 10.7. The molecular formula is C26H28O6. The van der Waals surface area contributed by atoms with Gasteiger partial charge in [-0.05, 0) is 23.3 Å². The lowest BCUT2D eigenvalue weighted by atomic mass is 9.98. The second-order valence-corrected chi connectivity index (χ2v) is 7.67. The third-order valence-corrected chi connectivity index (χ3v) is 5.38. The van der Waals surface area contributed by atoms with Crippen LogP contribution in [0.1, 0.15) is 11.1 Å². The smallest absolute Gasteiger partial charge is 0.184 e. The summed E-state index contributed by atoms with van der Waals surface area (Å²) in [5, 5.41) is 20.6. The van der Waals surface area contributed by atoms with Crippen LogP contribution in [-0.4, -0.2) is 47.5 Å². The first-order chi connectivity index (χ1) is 15.7. The van der Waals surface area contributed by atoms with Gasteiger partial charge in [-0.25, -0.2) is 0 Å². The zero-order valence-corrected chi connectivity index (χ0v) is 17.7. The van der Waals surface area contributed by atoms with Gasteiger partial charge in [-0.3, -0.25) is 0 Å². The van der Waals surface area contributed by atoms with E-state index in [9.17, 15) is 10.2 Å². The Bertz CT molecular complexity index is 921. The molecule has 0 saturated carbocycles. The summed E-state index contributed by atoms with van der Waals surface area (Å²) in [4.78, 5) is 0. The van der Waals surface area contributed by atoms with Gasteiger partial charge in [-0.2, -0.15) is 0 Å². The van der Waals surface area contributed by atoms with Gasteiger partial charge in [0.2, 0.25) is 0 Å². The van der Waals surface area contributed by atoms with Crippen LogP contribution in [0.2, 0.25) is 0 Å². The third-order valence-electron chi connectivity index (χ3n) is 5.38. The summed E-state index contributed by atoms with van der Waals surface area (Å²) in [5.74, 6) is 0.617. The monoisotopic (exact) mass is 436 g/mol. The van der Waals surface area contributed by atoms with Crippen LogP contribution in [0.25, 0.3) is 0 Å². The van der Waals surface area contributed by atoms with Crippen LogP contribution < -0.4 is 4.74 Å². The minimum atomic E-state index is -1.27. The largest absolute Gasteiger partial charge is 0.485 e. The molecule has 0 bridgehead atoms. The van der Waals surface area contributed by atoms with Crippen LogP contribution in [0.3, 0.4) is 0 Å². The van der Waals surface area contributed by atoms with E-state index in [1.54, 1.807) is 0 Å². The molecule has 0 aromatic heterocycles. The second-order valence-electron chi connectivity index (χ2n) is 7.67. The minimum absolute atomic E-state index is 0.277. The molecule has 5 atom stereocenters. The molecule has 32 heavy (non-hydrogen) atoms. The SMILES string of the molecule is OCC1O[C@H](O)C(OCc2ccccc2)C(OCc2ccccc2)[C@@H]1Oc1ccccc1. The molecule has 0 aliphatic carbocycles. The van der Waals surface area contributed by atoms with Gasteiger partial charge in [0, 0.05) is 0 Å². The van der Waals surface area contributed by atoms with Crippen molar-refractivity contribution in [1.29, 1.82) is 0 Å². The van der Waals surface area contributed by atoms with E-state index in [2.05, 4.69) is 0 Å². The second kappa shape index (κ2) is 11.2. The standard InChI is InChI=1S/C26H28O6/c27-16-22-23(31-21-14-8-3-9-15-21)24(29-17-19-10-4-1-5-11-19)25(26(28)32-22)30-18-20-12-6-2-7-13-20/h1-15,22-28H,16-18H2/t22?,23-,24?,25?,26+/m1/s1. The van der Waals surface area contributed by atoms with Crippen molar-refractivity contribution in [2.75, 3.05) is 6.61 Å². The highest BCUT2D eigenvalue weighted by Crippen LogP contribution is 2.30. The predicted molar refractivity (Wildman–Crippen MR) is 119 cm³/mol. The number of hydrogen-bond acceptors (Lipinski definition) is 6. The van der Waals surface area contributed by atoms with E-state index in [0.717, 1.165) is 11.1 Å². The van der Waals surface area contributed by atoms with Crippen molar-refractivity contribution in [2.24, 2.45) is 0 Å². The lowest BCUT2D eigenvalue weighted by molar-refractivity contribution is -0.303. The number of aliphatic hydroxyl groups is 2. The number of para-hydroxylation sites is 1. The summed E-state index contributed by atoms with van der Waals surface area (Å²) >= 11 is 0. The van der Waals surface area contributed by atoms with Gasteiger partial charge in [0.1, 0.15) is 24.1 Å². The van der Waals surface area contributed by atoms with Crippen molar-refractivity contribution < 1.29 is 29.2 Å². The van der Waals surface area contributed by atoms with Gasteiger partial charge >= 0.3 is 0 Å². The highest BCUT2D eigenvalue weighted by atomic mass is 16.7. The molecule has 0 spiro atoms. The van der Waals surface area contributed by atoms with Crippen LogP contribution >= 0.6 is 0 Å². The number of rotatable bonds is 9. The van der Waals surface area contributed by atoms with Crippen LogP contribution in [0.15, 0.2) is 91.0 Å². The van der Waals surface area contributed by atoms with Crippen LogP contribution in [-0.2, 0) is 27.4 Å². The Kier molecular flexibility index (Phi) is 7.87. The van der Waals surface area contributed by atoms with E-state index in [1.165, 1.54) is 0 Å². The summed E-state index contributed by atoms with van der Waals surface area (Å²) in [6.07, 6.45) is -4.22. The molecule has 3 aromatic carbocycles. The molecule has 0 amide bonds. The number of hydrogen-bond donors (Lipinski definition) is 2. The predicted octanol–water partition coefficient (Wildman–Crippen LogP) is 3.31. The number of aliphatic hydroxyl groups excluding tert-OH is 2. The van der Waals surface area contributed by atoms with Crippen molar-refractivity contribution >= 4 is 0 Å². The molecule has 6 heteroatoms. The van der Waals surface area contributed by atoms with E-state index in [0.29, 0.717) is 12.4 Å². The van der Waals surface area contributed by atoms with Crippen molar-refractivity contribution in [3.63, 3.8) is 0 Å². The topological polar surface area (TPSA) is 77.4 Å². The summed E-state index contributed by atoms with van der Waals surface area (Å²) in [7, 11) is 0. The normalized spacial score (nSPS) is 25.4. The first kappa shape index (κ1) is 22.5. The average molecular weight is 437 g/mol. The van der Waals surface area contributed by atoms with E-state index < -0.39 is 30.7 Å². The highest BCUT2D eigenvalue weighted by Gasteiger charge is 2.48. The van der Waals surface area contributed by atoms with E-state index in [4.69, 9.17) is 18.9 Å². The fraction of sp³-hybridized carbons (Fsp3) is 0.308. The summed E-state index contributed by atoms with van der Waals surface area (Å²) in [6, 6.07) is 28.7. The molecule has 4 rings (SSSR count). The zero-order chi connectivity index (χ0) is 22.2. The van der Waals surface area contributed by atoms with Crippen molar-refractivity contribution in [3.05, 3.63) is 102 Å². The van der Waals surface area contributed by atoms with Crippen LogP contribution in [0.4, 0.5) is 0 Å². The summed E-state index contributed by atoms with van der Waals surface area (Å²) in [6.45, 7) is 0.250. The fourth-order valence-electron chi connectivity index (χ4n) is 3.74. The number of benzene rings is 3. The maximum atomic E-state index is 10.7. The van der Waals surface area contributed by atoms with Gasteiger partial charge in [0.05, 0.1) is 19.8 Å². The molecule has 3 aromatic rings. The Morgan fingerprint density at radius 3 is 1.69 bits per heavy atom. The van der Waals surface area contributed by atoms with Gasteiger partial charge in [0.15, 0.2) is 12.4 Å². The maximum absolute atomic E-state index is 10.7. The Morgan fingerprint density at radius 1 is 0.656 bits per heavy atom. The molecule has 1 aliphatic rings. The summed E-state index contributed by atoms with van der Waals surface area (Å²) < 4.78 is 24.2. The average Bonchev–Trinajstić information content (AvgIpc) is 2.85. The van der Waals surface area contributed by atoms with Gasteiger partial charge in [-0.15, -0.1) is 0 Å². The molecular weight excluding hydrogens is 408 g/mol. The fourth-order valence-corrected chi connectivity index (χ4v) is 3.74. The number of ether oxygens (including phenoxy) is 4. The lowest BCUT2D eigenvalue weighted by Gasteiger charge is -2.44. The molecule has 6 nitrogen and oxygen atoms in total. The Balaban J connectivity index is 1.57. The Hall–Kier alpha value is -2.74. The molecule has 1 saturated heterocycles. The Labute approximate surface area is 188 Å². The van der Waals surface area contributed by atoms with Gasteiger partial charge in [-0.1, -0.05) is 78.9 Å². The van der Waals surface area contributed by atoms with E-state index >= 15 is 0 Å². The molecule has 168 valence electrons. The quantitative estimate of drug-likeness (QED) is 0.536. The molecule has 2 N–H and O–H groups in total. The highest BCUT2D eigenvalue weighted by molar-refractivity contribution is 5.22. The lowest BCUT2D eigenvalue weighted by Crippen LogP contribution is -2.62. The molecule has 1 heterocycles. The van der Waals surface area contributed by atoms with Crippen LogP contribution in [0.5, 0.6) is 5.75 Å². The molecule has 0 radical (unpaired) electrons. The Morgan fingerprint density at radius 2 is 1.16 bits per heavy atom. The third kappa shape index (κ3) is 5.73. The van der Waals surface area contributed by atoms with Gasteiger partial charge in [0.25, 0.3) is 0 Å². The minimum Gasteiger partial charge on any atom is -0.485 e. The van der Waals surface area contributed by atoms with Crippen molar-refractivity contribution in [2.45, 2.75) is 43.9 Å². The molecule has 1 aliphatic heterocycles. The van der Waals surface area contributed by atoms with E-state index in [1.807, 2.05) is 91.0 Å². The van der Waals surface area contributed by atoms with Crippen molar-refractivity contribution in [1.82, 2.24) is 0 Å². The van der Waals surface area contributed by atoms with Crippen LogP contribution in [0, 0.1) is 0 Å². The van der Waals surface area contributed by atoms with E-state index in [-0.39, 0.29) is 13.2 Å². The maximum Gasteiger partial charge on any atom is 0.184 e. The summed E-state index contributed by atoms with van der Waals surface area (Å²) in [5.41, 5.74) is 1.95. The first-order valence-electron chi connectivity index (χ1n) is 10.7. The molecule has 3 unspecified atom stereocenters. The van der Waals surface area contributed by atoms with Crippen molar-refractivity contribution in [3.8, 4) is 5.75 Å². The van der Waals surface area contributed by atoms with Gasteiger partial charge < -0.3 is 29.2 Å². The zero-order valence-electron chi connectivity index (χ0n) is 17.7. The molecule has 1 fully saturated rings.